The first-order valence-corrected chi connectivity index (χ1v) is 5.74. The Labute approximate surface area is 96.9 Å². The van der Waals surface area contributed by atoms with Crippen molar-refractivity contribution in [1.82, 2.24) is 4.98 Å². The number of nitriles is 1. The zero-order valence-electron chi connectivity index (χ0n) is 10.3. The minimum absolute atomic E-state index is 0.358. The molecule has 0 spiro atoms. The maximum absolute atomic E-state index is 9.08. The molecule has 2 heteroatoms. The predicted molar refractivity (Wildman–Crippen MR) is 68.5 cm³/mol. The summed E-state index contributed by atoms with van der Waals surface area (Å²) in [5.41, 5.74) is 2.87. The van der Waals surface area contributed by atoms with Gasteiger partial charge in [-0.3, -0.25) is 0 Å². The van der Waals surface area contributed by atoms with Crippen LogP contribution in [0.15, 0.2) is 24.3 Å². The van der Waals surface area contributed by atoms with E-state index in [-0.39, 0.29) is 0 Å². The molecule has 0 aliphatic rings. The number of para-hydroxylation sites is 1. The molecule has 0 atom stereocenters. The quantitative estimate of drug-likeness (QED) is 0.759. The first kappa shape index (κ1) is 12.3. The molecule has 16 heavy (non-hydrogen) atoms. The van der Waals surface area contributed by atoms with Crippen molar-refractivity contribution in [3.8, 4) is 6.07 Å². The molecule has 1 aromatic carbocycles. The van der Waals surface area contributed by atoms with Crippen LogP contribution in [0.25, 0.3) is 10.9 Å². The lowest BCUT2D eigenvalue weighted by Gasteiger charge is -2.00. The molecule has 0 bridgehead atoms. The number of H-pyrrole nitrogens is 1. The topological polar surface area (TPSA) is 39.6 Å². The zero-order chi connectivity index (χ0) is 12.1. The van der Waals surface area contributed by atoms with Crippen molar-refractivity contribution in [2.24, 2.45) is 0 Å². The third kappa shape index (κ3) is 2.09. The Morgan fingerprint density at radius 2 is 1.81 bits per heavy atom. The molecule has 0 saturated heterocycles. The number of hydrogen-bond acceptors (Lipinski definition) is 1. The lowest BCUT2D eigenvalue weighted by atomic mass is 10.0. The third-order valence-electron chi connectivity index (χ3n) is 2.42. The van der Waals surface area contributed by atoms with Crippen molar-refractivity contribution in [1.29, 1.82) is 5.26 Å². The molecule has 0 radical (unpaired) electrons. The van der Waals surface area contributed by atoms with Gasteiger partial charge in [-0.25, -0.2) is 0 Å². The van der Waals surface area contributed by atoms with Crippen molar-refractivity contribution in [2.45, 2.75) is 33.6 Å². The molecule has 2 rings (SSSR count). The number of nitrogens with zero attached hydrogens (tertiary/aromatic N) is 1. The first-order chi connectivity index (χ1) is 7.74. The molecule has 84 valence electrons. The fourth-order valence-corrected chi connectivity index (χ4v) is 1.72. The van der Waals surface area contributed by atoms with Crippen LogP contribution < -0.4 is 0 Å². The molecule has 1 heterocycles. The van der Waals surface area contributed by atoms with Gasteiger partial charge in [0.15, 0.2) is 0 Å². The van der Waals surface area contributed by atoms with Crippen LogP contribution in [0.4, 0.5) is 0 Å². The molecule has 2 nitrogen and oxygen atoms in total. The highest BCUT2D eigenvalue weighted by atomic mass is 14.7. The lowest BCUT2D eigenvalue weighted by molar-refractivity contribution is 0.833. The van der Waals surface area contributed by atoms with E-state index in [2.05, 4.69) is 24.9 Å². The average Bonchev–Trinajstić information content (AvgIpc) is 2.70. The summed E-state index contributed by atoms with van der Waals surface area (Å²) >= 11 is 0. The molecule has 0 saturated carbocycles. The van der Waals surface area contributed by atoms with Crippen LogP contribution >= 0.6 is 0 Å². The fourth-order valence-electron chi connectivity index (χ4n) is 1.72. The number of aromatic nitrogens is 1. The van der Waals surface area contributed by atoms with Gasteiger partial charge in [0.05, 0.1) is 5.56 Å². The van der Waals surface area contributed by atoms with Crippen molar-refractivity contribution < 1.29 is 0 Å². The van der Waals surface area contributed by atoms with Crippen molar-refractivity contribution in [3.05, 3.63) is 35.5 Å². The Bertz CT molecular complexity index is 501. The second-order valence-corrected chi connectivity index (χ2v) is 3.73. The molecule has 0 unspecified atom stereocenters. The van der Waals surface area contributed by atoms with E-state index in [9.17, 15) is 0 Å². The minimum atomic E-state index is 0.358. The molecule has 1 aromatic heterocycles. The molecular formula is C14H18N2. The Morgan fingerprint density at radius 3 is 2.38 bits per heavy atom. The standard InChI is InChI=1S/C12H12N2.C2H6/c1-8(2)12-10(7-13)9-5-3-4-6-11(9)14-12;1-2/h3-6,8,14H,1-2H3;1-2H3. The highest BCUT2D eigenvalue weighted by Crippen LogP contribution is 2.26. The van der Waals surface area contributed by atoms with E-state index in [4.69, 9.17) is 5.26 Å². The van der Waals surface area contributed by atoms with Crippen LogP contribution in [0.5, 0.6) is 0 Å². The highest BCUT2D eigenvalue weighted by molar-refractivity contribution is 5.87. The van der Waals surface area contributed by atoms with Crippen LogP contribution in [0.3, 0.4) is 0 Å². The van der Waals surface area contributed by atoms with Gasteiger partial charge in [0.25, 0.3) is 0 Å². The summed E-state index contributed by atoms with van der Waals surface area (Å²) in [5.74, 6) is 0.358. The number of aromatic amines is 1. The van der Waals surface area contributed by atoms with E-state index < -0.39 is 0 Å². The summed E-state index contributed by atoms with van der Waals surface area (Å²) in [6, 6.07) is 10.2. The number of rotatable bonds is 1. The maximum atomic E-state index is 9.08. The first-order valence-electron chi connectivity index (χ1n) is 5.74. The van der Waals surface area contributed by atoms with Gasteiger partial charge >= 0.3 is 0 Å². The van der Waals surface area contributed by atoms with Gasteiger partial charge in [-0.15, -0.1) is 0 Å². The normalized spacial score (nSPS) is 9.75. The van der Waals surface area contributed by atoms with E-state index in [0.717, 1.165) is 22.2 Å². The molecule has 0 fully saturated rings. The SMILES string of the molecule is CC.CC(C)c1[nH]c2ccccc2c1C#N. The minimum Gasteiger partial charge on any atom is -0.357 e. The second-order valence-electron chi connectivity index (χ2n) is 3.73. The van der Waals surface area contributed by atoms with Crippen molar-refractivity contribution in [3.63, 3.8) is 0 Å². The van der Waals surface area contributed by atoms with Gasteiger partial charge in [0.1, 0.15) is 6.07 Å². The number of benzene rings is 1. The number of fused-ring (bicyclic) bond motifs is 1. The van der Waals surface area contributed by atoms with Gasteiger partial charge in [0, 0.05) is 16.6 Å². The number of nitrogens with one attached hydrogen (secondary N) is 1. The summed E-state index contributed by atoms with van der Waals surface area (Å²) in [5, 5.41) is 10.1. The van der Waals surface area contributed by atoms with E-state index in [1.54, 1.807) is 0 Å². The van der Waals surface area contributed by atoms with Crippen LogP contribution in [-0.2, 0) is 0 Å². The predicted octanol–water partition coefficient (Wildman–Crippen LogP) is 4.19. The monoisotopic (exact) mass is 214 g/mol. The van der Waals surface area contributed by atoms with Crippen molar-refractivity contribution in [2.75, 3.05) is 0 Å². The Morgan fingerprint density at radius 1 is 1.19 bits per heavy atom. The summed E-state index contributed by atoms with van der Waals surface area (Å²) in [6.07, 6.45) is 0. The van der Waals surface area contributed by atoms with E-state index in [1.807, 2.05) is 38.1 Å². The Kier molecular flexibility index (Phi) is 4.13. The molecule has 1 N–H and O–H groups in total. The fraction of sp³-hybridized carbons (Fsp3) is 0.357. The third-order valence-corrected chi connectivity index (χ3v) is 2.42. The maximum Gasteiger partial charge on any atom is 0.102 e. The highest BCUT2D eigenvalue weighted by Gasteiger charge is 2.12. The summed E-state index contributed by atoms with van der Waals surface area (Å²) in [6.45, 7) is 8.18. The largest absolute Gasteiger partial charge is 0.357 e. The second kappa shape index (κ2) is 5.37. The van der Waals surface area contributed by atoms with Crippen LogP contribution in [0.1, 0.15) is 44.9 Å². The number of hydrogen-bond donors (Lipinski definition) is 1. The molecule has 0 amide bonds. The van der Waals surface area contributed by atoms with Gasteiger partial charge in [-0.2, -0.15) is 5.26 Å². The van der Waals surface area contributed by atoms with E-state index in [1.165, 1.54) is 0 Å². The van der Waals surface area contributed by atoms with E-state index in [0.29, 0.717) is 5.92 Å². The summed E-state index contributed by atoms with van der Waals surface area (Å²) < 4.78 is 0. The molecule has 0 aliphatic heterocycles. The van der Waals surface area contributed by atoms with Crippen molar-refractivity contribution >= 4 is 10.9 Å². The van der Waals surface area contributed by atoms with Gasteiger partial charge in [-0.1, -0.05) is 45.9 Å². The van der Waals surface area contributed by atoms with Crippen LogP contribution in [0, 0.1) is 11.3 Å². The van der Waals surface area contributed by atoms with E-state index >= 15 is 0 Å². The van der Waals surface area contributed by atoms with Gasteiger partial charge < -0.3 is 4.98 Å². The van der Waals surface area contributed by atoms with Crippen LogP contribution in [-0.4, -0.2) is 4.98 Å². The average molecular weight is 214 g/mol. The molecular weight excluding hydrogens is 196 g/mol. The van der Waals surface area contributed by atoms with Gasteiger partial charge in [0.2, 0.25) is 0 Å². The zero-order valence-corrected chi connectivity index (χ0v) is 10.3. The van der Waals surface area contributed by atoms with Gasteiger partial charge in [-0.05, 0) is 12.0 Å². The smallest absolute Gasteiger partial charge is 0.102 e. The molecule has 0 aliphatic carbocycles. The summed E-state index contributed by atoms with van der Waals surface area (Å²) in [7, 11) is 0. The van der Waals surface area contributed by atoms with Crippen LogP contribution in [0.2, 0.25) is 0 Å². The molecule has 2 aromatic rings. The lowest BCUT2D eigenvalue weighted by Crippen LogP contribution is -1.89. The Balaban J connectivity index is 0.000000606. The summed E-state index contributed by atoms with van der Waals surface area (Å²) in [4.78, 5) is 3.29. The Hall–Kier alpha value is -1.75.